The lowest BCUT2D eigenvalue weighted by atomic mass is 10.4. The van der Waals surface area contributed by atoms with Gasteiger partial charge in [-0.1, -0.05) is 18.2 Å². The minimum atomic E-state index is -0.791. The first-order valence-corrected chi connectivity index (χ1v) is 6.58. The molecule has 0 atom stereocenters. The van der Waals surface area contributed by atoms with E-state index >= 15 is 0 Å². The van der Waals surface area contributed by atoms with E-state index in [1.165, 1.54) is 0 Å². The molecule has 0 aliphatic rings. The molecule has 0 bridgehead atoms. The lowest BCUT2D eigenvalue weighted by Gasteiger charge is -1.90. The standard InChI is InChI=1S/C10H7IN2O3/c14-8-7(9(15)13-10(16)12-8)11-6-4-2-1-3-5-6/h1-5H,(H2-,12,13,14,15,16)/p+1. The predicted molar refractivity (Wildman–Crippen MR) is 53.2 cm³/mol. The zero-order valence-electron chi connectivity index (χ0n) is 8.03. The van der Waals surface area contributed by atoms with E-state index in [9.17, 15) is 14.7 Å². The number of nitrogens with one attached hydrogen (secondary N) is 2. The van der Waals surface area contributed by atoms with Gasteiger partial charge >= 0.3 is 36.0 Å². The van der Waals surface area contributed by atoms with E-state index in [1.807, 2.05) is 30.3 Å². The number of aromatic amines is 2. The third-order valence-corrected chi connectivity index (χ3v) is 4.69. The molecule has 0 radical (unpaired) electrons. The lowest BCUT2D eigenvalue weighted by molar-refractivity contribution is -0.600. The molecule has 1 aromatic carbocycles. The highest BCUT2D eigenvalue weighted by Crippen LogP contribution is 1.91. The SMILES string of the molecule is O=c1[nH]c(O)c([I+]c2ccccc2)c(=O)[nH]1. The Hall–Kier alpha value is -1.57. The number of hydrogen-bond donors (Lipinski definition) is 3. The third kappa shape index (κ3) is 2.32. The second kappa shape index (κ2) is 4.52. The van der Waals surface area contributed by atoms with E-state index in [0.29, 0.717) is 0 Å². The second-order valence-corrected chi connectivity index (χ2v) is 5.82. The monoisotopic (exact) mass is 331 g/mol. The van der Waals surface area contributed by atoms with Crippen molar-refractivity contribution in [2.45, 2.75) is 0 Å². The first-order chi connectivity index (χ1) is 7.66. The van der Waals surface area contributed by atoms with Crippen LogP contribution in [0.4, 0.5) is 0 Å². The number of H-pyrrole nitrogens is 2. The van der Waals surface area contributed by atoms with E-state index < -0.39 is 32.5 Å². The Morgan fingerprint density at radius 1 is 1.06 bits per heavy atom. The van der Waals surface area contributed by atoms with Crippen LogP contribution < -0.4 is 32.5 Å². The number of benzene rings is 1. The Balaban J connectivity index is 2.43. The van der Waals surface area contributed by atoms with Gasteiger partial charge in [-0.3, -0.25) is 14.8 Å². The maximum absolute atomic E-state index is 11.5. The summed E-state index contributed by atoms with van der Waals surface area (Å²) >= 11 is -0.791. The van der Waals surface area contributed by atoms with Crippen LogP contribution >= 0.6 is 0 Å². The second-order valence-electron chi connectivity index (χ2n) is 2.96. The maximum Gasteiger partial charge on any atom is 0.370 e. The molecule has 82 valence electrons. The fraction of sp³-hybridized carbons (Fsp3) is 0. The molecular weight excluding hydrogens is 323 g/mol. The van der Waals surface area contributed by atoms with Crippen molar-refractivity contribution in [3.05, 3.63) is 58.3 Å². The van der Waals surface area contributed by atoms with Gasteiger partial charge in [0.15, 0.2) is 3.57 Å². The third-order valence-electron chi connectivity index (χ3n) is 1.80. The highest BCUT2D eigenvalue weighted by atomic mass is 127. The van der Waals surface area contributed by atoms with Crippen LogP contribution in [0.1, 0.15) is 0 Å². The smallest absolute Gasteiger partial charge is 0.370 e. The molecule has 0 unspecified atom stereocenters. The van der Waals surface area contributed by atoms with Gasteiger partial charge in [0.05, 0.1) is 0 Å². The van der Waals surface area contributed by atoms with Gasteiger partial charge < -0.3 is 5.11 Å². The minimum absolute atomic E-state index is 0.268. The number of hydrogen-bond acceptors (Lipinski definition) is 3. The molecule has 1 aromatic heterocycles. The Bertz CT molecular complexity index is 603. The number of halogens is 1. The molecule has 6 heteroatoms. The molecule has 0 amide bonds. The lowest BCUT2D eigenvalue weighted by Crippen LogP contribution is -3.62. The summed E-state index contributed by atoms with van der Waals surface area (Å²) in [6.45, 7) is 0. The van der Waals surface area contributed by atoms with Crippen LogP contribution in [0, 0.1) is 7.14 Å². The van der Waals surface area contributed by atoms with E-state index in [4.69, 9.17) is 0 Å². The average Bonchev–Trinajstić information content (AvgIpc) is 2.25. The summed E-state index contributed by atoms with van der Waals surface area (Å²) < 4.78 is 1.26. The van der Waals surface area contributed by atoms with Crippen molar-refractivity contribution in [1.82, 2.24) is 9.97 Å². The first-order valence-electron chi connectivity index (χ1n) is 4.42. The molecule has 16 heavy (non-hydrogen) atoms. The van der Waals surface area contributed by atoms with Gasteiger partial charge in [0, 0.05) is 0 Å². The van der Waals surface area contributed by atoms with Gasteiger partial charge in [0.2, 0.25) is 0 Å². The Morgan fingerprint density at radius 3 is 2.38 bits per heavy atom. The molecular formula is C10H8IN2O3+. The van der Waals surface area contributed by atoms with Crippen LogP contribution in [0.2, 0.25) is 0 Å². The number of aromatic hydroxyl groups is 1. The maximum atomic E-state index is 11.5. The number of aromatic nitrogens is 2. The molecule has 2 aromatic rings. The van der Waals surface area contributed by atoms with Crippen molar-refractivity contribution in [2.75, 3.05) is 0 Å². The highest BCUT2D eigenvalue weighted by molar-refractivity contribution is 5.04. The molecule has 2 rings (SSSR count). The largest absolute Gasteiger partial charge is 0.491 e. The summed E-state index contributed by atoms with van der Waals surface area (Å²) in [4.78, 5) is 26.6. The molecule has 0 fully saturated rings. The van der Waals surface area contributed by atoms with Gasteiger partial charge in [-0.2, -0.15) is 0 Å². The van der Waals surface area contributed by atoms with Gasteiger partial charge in [-0.25, -0.2) is 4.79 Å². The van der Waals surface area contributed by atoms with E-state index in [2.05, 4.69) is 9.97 Å². The van der Waals surface area contributed by atoms with Crippen molar-refractivity contribution in [2.24, 2.45) is 0 Å². The number of rotatable bonds is 2. The Labute approximate surface area is 100 Å². The van der Waals surface area contributed by atoms with Crippen molar-refractivity contribution >= 4 is 0 Å². The van der Waals surface area contributed by atoms with E-state index in [-0.39, 0.29) is 9.45 Å². The summed E-state index contributed by atoms with van der Waals surface area (Å²) in [5, 5.41) is 9.49. The van der Waals surface area contributed by atoms with Gasteiger partial charge in [-0.05, 0) is 12.1 Å². The summed E-state index contributed by atoms with van der Waals surface area (Å²) in [5.41, 5.74) is -1.21. The highest BCUT2D eigenvalue weighted by Gasteiger charge is 2.25. The van der Waals surface area contributed by atoms with Crippen LogP contribution in [0.3, 0.4) is 0 Å². The van der Waals surface area contributed by atoms with Gasteiger partial charge in [0.25, 0.3) is 5.88 Å². The summed E-state index contributed by atoms with van der Waals surface area (Å²) in [6, 6.07) is 9.39. The van der Waals surface area contributed by atoms with Crippen molar-refractivity contribution in [1.29, 1.82) is 0 Å². The van der Waals surface area contributed by atoms with Crippen molar-refractivity contribution < 1.29 is 26.3 Å². The molecule has 0 aliphatic carbocycles. The zero-order chi connectivity index (χ0) is 11.5. The van der Waals surface area contributed by atoms with Crippen LogP contribution in [-0.4, -0.2) is 15.1 Å². The van der Waals surface area contributed by atoms with Crippen LogP contribution in [0.15, 0.2) is 39.9 Å². The summed E-state index contributed by atoms with van der Waals surface area (Å²) in [7, 11) is 0. The summed E-state index contributed by atoms with van der Waals surface area (Å²) in [5.74, 6) is -0.328. The van der Waals surface area contributed by atoms with E-state index in [0.717, 1.165) is 3.57 Å². The van der Waals surface area contributed by atoms with Crippen LogP contribution in [-0.2, 0) is 0 Å². The Morgan fingerprint density at radius 2 is 1.75 bits per heavy atom. The van der Waals surface area contributed by atoms with Crippen LogP contribution in [0.5, 0.6) is 5.88 Å². The fourth-order valence-corrected chi connectivity index (χ4v) is 3.30. The minimum Gasteiger partial charge on any atom is -0.491 e. The topological polar surface area (TPSA) is 85.9 Å². The molecule has 5 nitrogen and oxygen atoms in total. The summed E-state index contributed by atoms with van der Waals surface area (Å²) in [6.07, 6.45) is 0. The molecule has 3 N–H and O–H groups in total. The molecule has 0 saturated heterocycles. The fourth-order valence-electron chi connectivity index (χ4n) is 1.13. The van der Waals surface area contributed by atoms with Crippen molar-refractivity contribution in [3.8, 4) is 5.88 Å². The average molecular weight is 331 g/mol. The predicted octanol–water partition coefficient (Wildman–Crippen LogP) is -3.10. The first kappa shape index (κ1) is 10.9. The van der Waals surface area contributed by atoms with Gasteiger partial charge in [-0.15, -0.1) is 0 Å². The Kier molecular flexibility index (Phi) is 3.09. The van der Waals surface area contributed by atoms with Crippen LogP contribution in [0.25, 0.3) is 0 Å². The molecule has 0 saturated carbocycles. The zero-order valence-corrected chi connectivity index (χ0v) is 10.2. The quantitative estimate of drug-likeness (QED) is 0.510. The normalized spacial score (nSPS) is 10.2. The molecule has 1 heterocycles. The molecule has 0 aliphatic heterocycles. The van der Waals surface area contributed by atoms with Gasteiger partial charge in [0.1, 0.15) is 0 Å². The van der Waals surface area contributed by atoms with E-state index in [1.54, 1.807) is 0 Å². The molecule has 0 spiro atoms. The van der Waals surface area contributed by atoms with Crippen molar-refractivity contribution in [3.63, 3.8) is 0 Å².